The molecule has 0 radical (unpaired) electrons. The van der Waals surface area contributed by atoms with Gasteiger partial charge in [-0.1, -0.05) is 49.4 Å². The van der Waals surface area contributed by atoms with Crippen molar-refractivity contribution >= 4 is 46.4 Å². The minimum atomic E-state index is -0.991. The minimum Gasteiger partial charge on any atom is -0.351 e. The van der Waals surface area contributed by atoms with Crippen molar-refractivity contribution in [1.82, 2.24) is 10.2 Å². The summed E-state index contributed by atoms with van der Waals surface area (Å²) in [5.41, 5.74) is 0.388. The molecule has 1 aromatic carbocycles. The zero-order valence-electron chi connectivity index (χ0n) is 16.6. The van der Waals surface area contributed by atoms with Gasteiger partial charge in [0.15, 0.2) is 0 Å². The molecule has 0 aliphatic heterocycles. The number of carbonyl (C=O) groups excluding carboxylic acids is 2. The summed E-state index contributed by atoms with van der Waals surface area (Å²) >= 11 is 13.7. The van der Waals surface area contributed by atoms with Crippen LogP contribution in [0.3, 0.4) is 0 Å². The highest BCUT2D eigenvalue weighted by Gasteiger charge is 2.34. The first-order valence-corrected chi connectivity index (χ1v) is 11.9. The molecule has 1 N–H and O–H groups in total. The second-order valence-corrected chi connectivity index (χ2v) is 9.21. The van der Waals surface area contributed by atoms with Gasteiger partial charge < -0.3 is 10.2 Å². The molecule has 162 valence electrons. The molecule has 2 aromatic rings. The number of hydrogen-bond acceptors (Lipinski definition) is 3. The SMILES string of the molecule is O=C(NC1CCCCCC1)[C@@H](c1ccc(F)cc1Cl)N(Cc1cccs1)C(=O)CCl. The van der Waals surface area contributed by atoms with E-state index in [1.807, 2.05) is 17.5 Å². The maximum atomic E-state index is 13.7. The highest BCUT2D eigenvalue weighted by molar-refractivity contribution is 7.09. The first kappa shape index (κ1) is 23.0. The van der Waals surface area contributed by atoms with Gasteiger partial charge in [0.25, 0.3) is 0 Å². The Kier molecular flexibility index (Phi) is 8.54. The molecule has 2 amide bonds. The molecule has 1 atom stereocenters. The first-order valence-electron chi connectivity index (χ1n) is 10.1. The number of nitrogens with zero attached hydrogens (tertiary/aromatic N) is 1. The van der Waals surface area contributed by atoms with Crippen LogP contribution in [0, 0.1) is 5.82 Å². The number of carbonyl (C=O) groups is 2. The molecule has 0 bridgehead atoms. The molecule has 3 rings (SSSR count). The topological polar surface area (TPSA) is 49.4 Å². The molecule has 1 aromatic heterocycles. The van der Waals surface area contributed by atoms with Crippen LogP contribution < -0.4 is 5.32 Å². The number of amides is 2. The van der Waals surface area contributed by atoms with Crippen molar-refractivity contribution in [2.45, 2.75) is 57.2 Å². The Hall–Kier alpha value is -1.63. The Morgan fingerprint density at radius 1 is 1.20 bits per heavy atom. The van der Waals surface area contributed by atoms with E-state index in [1.54, 1.807) is 0 Å². The van der Waals surface area contributed by atoms with Crippen LogP contribution >= 0.6 is 34.5 Å². The van der Waals surface area contributed by atoms with Crippen LogP contribution in [-0.4, -0.2) is 28.6 Å². The van der Waals surface area contributed by atoms with Crippen molar-refractivity contribution in [2.75, 3.05) is 5.88 Å². The molecule has 0 spiro atoms. The van der Waals surface area contributed by atoms with Crippen molar-refractivity contribution in [3.05, 3.63) is 57.0 Å². The Morgan fingerprint density at radius 3 is 2.53 bits per heavy atom. The third-order valence-corrected chi connectivity index (χ3v) is 6.78. The molecule has 1 aliphatic rings. The minimum absolute atomic E-state index is 0.0522. The monoisotopic (exact) mass is 470 g/mol. The van der Waals surface area contributed by atoms with Gasteiger partial charge in [0.05, 0.1) is 6.54 Å². The van der Waals surface area contributed by atoms with E-state index in [1.165, 1.54) is 28.4 Å². The molecular weight excluding hydrogens is 446 g/mol. The number of halogens is 3. The van der Waals surface area contributed by atoms with Crippen LogP contribution in [0.5, 0.6) is 0 Å². The van der Waals surface area contributed by atoms with Gasteiger partial charge in [-0.05, 0) is 36.4 Å². The van der Waals surface area contributed by atoms with E-state index in [2.05, 4.69) is 5.32 Å². The summed E-state index contributed by atoms with van der Waals surface area (Å²) in [5.74, 6) is -1.46. The van der Waals surface area contributed by atoms with E-state index in [9.17, 15) is 14.0 Å². The largest absolute Gasteiger partial charge is 0.351 e. The van der Waals surface area contributed by atoms with E-state index < -0.39 is 11.9 Å². The normalized spacial score (nSPS) is 16.0. The molecule has 1 fully saturated rings. The molecule has 1 saturated carbocycles. The Bertz CT molecular complexity index is 855. The van der Waals surface area contributed by atoms with Gasteiger partial charge in [-0.15, -0.1) is 22.9 Å². The molecular formula is C22H25Cl2FN2O2S. The van der Waals surface area contributed by atoms with Crippen molar-refractivity contribution in [3.8, 4) is 0 Å². The maximum absolute atomic E-state index is 13.7. The number of hydrogen-bond donors (Lipinski definition) is 1. The van der Waals surface area contributed by atoms with Crippen LogP contribution in [-0.2, 0) is 16.1 Å². The summed E-state index contributed by atoms with van der Waals surface area (Å²) in [4.78, 5) is 28.6. The van der Waals surface area contributed by atoms with Crippen LogP contribution in [0.25, 0.3) is 0 Å². The lowest BCUT2D eigenvalue weighted by atomic mass is 10.0. The lowest BCUT2D eigenvalue weighted by Gasteiger charge is -2.32. The van der Waals surface area contributed by atoms with Crippen LogP contribution in [0.1, 0.15) is 55.0 Å². The summed E-state index contributed by atoms with van der Waals surface area (Å²) in [5, 5.41) is 5.13. The van der Waals surface area contributed by atoms with E-state index >= 15 is 0 Å². The van der Waals surface area contributed by atoms with Gasteiger partial charge in [0.2, 0.25) is 11.8 Å². The zero-order valence-corrected chi connectivity index (χ0v) is 18.9. The van der Waals surface area contributed by atoms with E-state index in [0.29, 0.717) is 5.56 Å². The van der Waals surface area contributed by atoms with Gasteiger partial charge in [-0.3, -0.25) is 9.59 Å². The standard InChI is InChI=1S/C22H25Cl2FN2O2S/c23-13-20(28)27(14-17-8-5-11-30-17)21(18-10-9-15(25)12-19(18)24)22(29)26-16-6-3-1-2-4-7-16/h5,8-12,16,21H,1-4,6-7,13-14H2,(H,26,29)/t21-/m1/s1. The summed E-state index contributed by atoms with van der Waals surface area (Å²) in [6, 6.07) is 6.73. The number of rotatable bonds is 7. The van der Waals surface area contributed by atoms with Crippen molar-refractivity contribution in [3.63, 3.8) is 0 Å². The summed E-state index contributed by atoms with van der Waals surface area (Å²) in [7, 11) is 0. The Balaban J connectivity index is 1.95. The van der Waals surface area contributed by atoms with Crippen molar-refractivity contribution in [1.29, 1.82) is 0 Å². The number of alkyl halides is 1. The lowest BCUT2D eigenvalue weighted by molar-refractivity contribution is -0.140. The van der Waals surface area contributed by atoms with Gasteiger partial charge in [-0.25, -0.2) is 4.39 Å². The summed E-state index contributed by atoms with van der Waals surface area (Å²) < 4.78 is 13.7. The Morgan fingerprint density at radius 2 is 1.93 bits per heavy atom. The summed E-state index contributed by atoms with van der Waals surface area (Å²) in [6.07, 6.45) is 6.26. The second kappa shape index (κ2) is 11.1. The number of benzene rings is 1. The quantitative estimate of drug-likeness (QED) is 0.417. The molecule has 0 saturated heterocycles. The van der Waals surface area contributed by atoms with Gasteiger partial charge >= 0.3 is 0 Å². The van der Waals surface area contributed by atoms with Crippen LogP contribution in [0.15, 0.2) is 35.7 Å². The van der Waals surface area contributed by atoms with Crippen LogP contribution in [0.2, 0.25) is 5.02 Å². The third kappa shape index (κ3) is 5.96. The van der Waals surface area contributed by atoms with Crippen LogP contribution in [0.4, 0.5) is 4.39 Å². The fraction of sp³-hybridized carbons (Fsp3) is 0.455. The average Bonchev–Trinajstić information content (AvgIpc) is 3.11. The third-order valence-electron chi connectivity index (χ3n) is 5.36. The predicted octanol–water partition coefficient (Wildman–Crippen LogP) is 5.69. The van der Waals surface area contributed by atoms with Gasteiger partial charge in [-0.2, -0.15) is 0 Å². The number of thiophene rings is 1. The molecule has 0 unspecified atom stereocenters. The summed E-state index contributed by atoms with van der Waals surface area (Å²) in [6.45, 7) is 0.222. The van der Waals surface area contributed by atoms with E-state index in [-0.39, 0.29) is 35.3 Å². The predicted molar refractivity (Wildman–Crippen MR) is 119 cm³/mol. The molecule has 1 heterocycles. The fourth-order valence-corrected chi connectivity index (χ4v) is 4.98. The smallest absolute Gasteiger partial charge is 0.247 e. The van der Waals surface area contributed by atoms with Crippen molar-refractivity contribution < 1.29 is 14.0 Å². The fourth-order valence-electron chi connectivity index (χ4n) is 3.85. The zero-order chi connectivity index (χ0) is 21.5. The lowest BCUT2D eigenvalue weighted by Crippen LogP contribution is -2.46. The highest BCUT2D eigenvalue weighted by atomic mass is 35.5. The van der Waals surface area contributed by atoms with Gasteiger partial charge in [0, 0.05) is 21.5 Å². The average molecular weight is 471 g/mol. The van der Waals surface area contributed by atoms with E-state index in [0.717, 1.165) is 49.5 Å². The molecule has 30 heavy (non-hydrogen) atoms. The number of nitrogens with one attached hydrogen (secondary N) is 1. The Labute approximate surface area is 190 Å². The molecule has 8 heteroatoms. The van der Waals surface area contributed by atoms with E-state index in [4.69, 9.17) is 23.2 Å². The van der Waals surface area contributed by atoms with Crippen molar-refractivity contribution in [2.24, 2.45) is 0 Å². The second-order valence-electron chi connectivity index (χ2n) is 7.50. The first-order chi connectivity index (χ1) is 14.5. The maximum Gasteiger partial charge on any atom is 0.247 e. The molecule has 4 nitrogen and oxygen atoms in total. The molecule has 1 aliphatic carbocycles. The van der Waals surface area contributed by atoms with Gasteiger partial charge in [0.1, 0.15) is 17.7 Å². The highest BCUT2D eigenvalue weighted by Crippen LogP contribution is 2.31.